The third kappa shape index (κ3) is 1.30. The Hall–Kier alpha value is -1.06. The number of aliphatic hydroxyl groups is 1. The Balaban J connectivity index is 2.49. The molecule has 0 amide bonds. The highest BCUT2D eigenvalue weighted by atomic mass is 16.3. The Morgan fingerprint density at radius 2 is 2.31 bits per heavy atom. The van der Waals surface area contributed by atoms with Crippen molar-refractivity contribution in [3.8, 4) is 0 Å². The van der Waals surface area contributed by atoms with Gasteiger partial charge in [-0.05, 0) is 25.1 Å². The van der Waals surface area contributed by atoms with Crippen molar-refractivity contribution in [3.05, 3.63) is 29.3 Å². The first-order valence-corrected chi connectivity index (χ1v) is 4.45. The van der Waals surface area contributed by atoms with Crippen LogP contribution in [0.1, 0.15) is 17.4 Å². The molecule has 2 rings (SSSR count). The van der Waals surface area contributed by atoms with E-state index >= 15 is 0 Å². The zero-order valence-corrected chi connectivity index (χ0v) is 7.70. The van der Waals surface area contributed by atoms with Gasteiger partial charge in [-0.15, -0.1) is 0 Å². The molecule has 1 aromatic rings. The molecule has 70 valence electrons. The summed E-state index contributed by atoms with van der Waals surface area (Å²) in [7, 11) is 1.91. The molecule has 1 unspecified atom stereocenters. The molecule has 0 aliphatic carbocycles. The number of likely N-dealkylation sites (N-methyl/N-ethyl adjacent to an activating group) is 1. The molecule has 0 fully saturated rings. The number of aliphatic hydroxyl groups excluding tert-OH is 1. The van der Waals surface area contributed by atoms with Crippen molar-refractivity contribution in [1.82, 2.24) is 4.90 Å². The monoisotopic (exact) mass is 178 g/mol. The van der Waals surface area contributed by atoms with E-state index in [2.05, 4.69) is 0 Å². The largest absolute Gasteiger partial charge is 0.398 e. The van der Waals surface area contributed by atoms with Crippen molar-refractivity contribution in [2.24, 2.45) is 0 Å². The van der Waals surface area contributed by atoms with Gasteiger partial charge in [-0.3, -0.25) is 4.90 Å². The van der Waals surface area contributed by atoms with Crippen LogP contribution in [0.25, 0.3) is 0 Å². The highest BCUT2D eigenvalue weighted by molar-refractivity contribution is 5.52. The van der Waals surface area contributed by atoms with Gasteiger partial charge in [-0.25, -0.2) is 0 Å². The van der Waals surface area contributed by atoms with Gasteiger partial charge >= 0.3 is 0 Å². The van der Waals surface area contributed by atoms with Crippen molar-refractivity contribution in [1.29, 1.82) is 0 Å². The van der Waals surface area contributed by atoms with Crippen LogP contribution in [0.5, 0.6) is 0 Å². The Labute approximate surface area is 77.8 Å². The van der Waals surface area contributed by atoms with E-state index < -0.39 is 6.23 Å². The zero-order valence-electron chi connectivity index (χ0n) is 7.70. The molecule has 0 radical (unpaired) electrons. The molecule has 1 aliphatic rings. The minimum absolute atomic E-state index is 0.493. The second-order valence-electron chi connectivity index (χ2n) is 3.52. The summed E-state index contributed by atoms with van der Waals surface area (Å²) in [6.45, 7) is 0.863. The number of benzene rings is 1. The summed E-state index contributed by atoms with van der Waals surface area (Å²) >= 11 is 0. The molecule has 13 heavy (non-hydrogen) atoms. The third-order valence-corrected chi connectivity index (χ3v) is 2.66. The van der Waals surface area contributed by atoms with Crippen LogP contribution in [0.15, 0.2) is 18.2 Å². The van der Waals surface area contributed by atoms with Crippen molar-refractivity contribution in [2.45, 2.75) is 12.6 Å². The summed E-state index contributed by atoms with van der Waals surface area (Å²) in [5, 5.41) is 9.82. The lowest BCUT2D eigenvalue weighted by Gasteiger charge is -2.31. The molecule has 1 aliphatic heterocycles. The molecule has 3 N–H and O–H groups in total. The van der Waals surface area contributed by atoms with Crippen LogP contribution >= 0.6 is 0 Å². The number of nitrogens with zero attached hydrogens (tertiary/aromatic N) is 1. The summed E-state index contributed by atoms with van der Waals surface area (Å²) in [6.07, 6.45) is 0.433. The van der Waals surface area contributed by atoms with E-state index in [4.69, 9.17) is 5.73 Å². The minimum atomic E-state index is -0.493. The minimum Gasteiger partial charge on any atom is -0.398 e. The van der Waals surface area contributed by atoms with Crippen LogP contribution in [0, 0.1) is 0 Å². The molecule has 0 saturated heterocycles. The molecule has 3 heteroatoms. The van der Waals surface area contributed by atoms with Gasteiger partial charge in [0, 0.05) is 17.8 Å². The van der Waals surface area contributed by atoms with Gasteiger partial charge in [-0.2, -0.15) is 0 Å². The van der Waals surface area contributed by atoms with Gasteiger partial charge in [0.25, 0.3) is 0 Å². The molecule has 1 aromatic carbocycles. The van der Waals surface area contributed by atoms with Gasteiger partial charge in [-0.1, -0.05) is 12.1 Å². The fraction of sp³-hybridized carbons (Fsp3) is 0.400. The second-order valence-corrected chi connectivity index (χ2v) is 3.52. The predicted octanol–water partition coefficient (Wildman–Crippen LogP) is 0.748. The van der Waals surface area contributed by atoms with Crippen molar-refractivity contribution < 1.29 is 5.11 Å². The molecule has 0 spiro atoms. The maximum Gasteiger partial charge on any atom is 0.133 e. The van der Waals surface area contributed by atoms with E-state index in [1.807, 2.05) is 30.1 Å². The first-order chi connectivity index (χ1) is 6.20. The molecule has 1 atom stereocenters. The Morgan fingerprint density at radius 3 is 3.08 bits per heavy atom. The number of nitrogen functional groups attached to an aromatic ring is 1. The maximum atomic E-state index is 9.82. The third-order valence-electron chi connectivity index (χ3n) is 2.66. The Morgan fingerprint density at radius 1 is 1.54 bits per heavy atom. The van der Waals surface area contributed by atoms with Gasteiger partial charge in [0.15, 0.2) is 0 Å². The Kier molecular flexibility index (Phi) is 1.98. The number of nitrogens with two attached hydrogens (primary N) is 1. The van der Waals surface area contributed by atoms with Gasteiger partial charge in [0.2, 0.25) is 0 Å². The normalized spacial score (nSPS) is 22.8. The lowest BCUT2D eigenvalue weighted by Crippen LogP contribution is -2.32. The predicted molar refractivity (Wildman–Crippen MR) is 52.1 cm³/mol. The Bertz CT molecular complexity index is 325. The van der Waals surface area contributed by atoms with Crippen LogP contribution < -0.4 is 5.73 Å². The molecular formula is C10H14N2O. The molecule has 0 aromatic heterocycles. The first kappa shape index (κ1) is 8.53. The highest BCUT2D eigenvalue weighted by Crippen LogP contribution is 2.29. The summed E-state index contributed by atoms with van der Waals surface area (Å²) < 4.78 is 0. The first-order valence-electron chi connectivity index (χ1n) is 4.45. The van der Waals surface area contributed by atoms with E-state index in [1.165, 1.54) is 0 Å². The summed E-state index contributed by atoms with van der Waals surface area (Å²) in [5.41, 5.74) is 8.67. The lowest BCUT2D eigenvalue weighted by molar-refractivity contribution is 0.0129. The van der Waals surface area contributed by atoms with Gasteiger partial charge < -0.3 is 10.8 Å². The second kappa shape index (κ2) is 3.01. The summed E-state index contributed by atoms with van der Waals surface area (Å²) in [5.74, 6) is 0. The fourth-order valence-electron chi connectivity index (χ4n) is 1.80. The SMILES string of the molecule is CN1CCc2c(N)cccc2C1O. The van der Waals surface area contributed by atoms with Crippen LogP contribution in [-0.2, 0) is 6.42 Å². The standard InChI is InChI=1S/C10H14N2O/c1-12-6-5-7-8(10(12)13)3-2-4-9(7)11/h2-4,10,13H,5-6,11H2,1H3. The van der Waals surface area contributed by atoms with E-state index in [1.54, 1.807) is 0 Å². The van der Waals surface area contributed by atoms with E-state index in [0.29, 0.717) is 0 Å². The van der Waals surface area contributed by atoms with Crippen LogP contribution in [0.4, 0.5) is 5.69 Å². The fourth-order valence-corrected chi connectivity index (χ4v) is 1.80. The molecule has 0 saturated carbocycles. The van der Waals surface area contributed by atoms with Crippen LogP contribution in [-0.4, -0.2) is 23.6 Å². The average molecular weight is 178 g/mol. The maximum absolute atomic E-state index is 9.82. The topological polar surface area (TPSA) is 49.5 Å². The summed E-state index contributed by atoms with van der Waals surface area (Å²) in [4.78, 5) is 1.92. The van der Waals surface area contributed by atoms with Gasteiger partial charge in [0.1, 0.15) is 6.23 Å². The summed E-state index contributed by atoms with van der Waals surface area (Å²) in [6, 6.07) is 5.71. The molecule has 3 nitrogen and oxygen atoms in total. The van der Waals surface area contributed by atoms with Crippen molar-refractivity contribution in [3.63, 3.8) is 0 Å². The number of fused-ring (bicyclic) bond motifs is 1. The number of anilines is 1. The quantitative estimate of drug-likeness (QED) is 0.576. The molecule has 0 bridgehead atoms. The number of hydrogen-bond donors (Lipinski definition) is 2. The van der Waals surface area contributed by atoms with E-state index in [-0.39, 0.29) is 0 Å². The zero-order chi connectivity index (χ0) is 9.42. The van der Waals surface area contributed by atoms with E-state index in [9.17, 15) is 5.11 Å². The number of rotatable bonds is 0. The van der Waals surface area contributed by atoms with Crippen molar-refractivity contribution in [2.75, 3.05) is 19.3 Å². The smallest absolute Gasteiger partial charge is 0.133 e. The van der Waals surface area contributed by atoms with Gasteiger partial charge in [0.05, 0.1) is 0 Å². The van der Waals surface area contributed by atoms with E-state index in [0.717, 1.165) is 29.8 Å². The molecular weight excluding hydrogens is 164 g/mol. The van der Waals surface area contributed by atoms with Crippen molar-refractivity contribution >= 4 is 5.69 Å². The average Bonchev–Trinajstić information content (AvgIpc) is 2.12. The lowest BCUT2D eigenvalue weighted by atomic mass is 9.97. The highest BCUT2D eigenvalue weighted by Gasteiger charge is 2.23. The number of hydrogen-bond acceptors (Lipinski definition) is 3. The van der Waals surface area contributed by atoms with Crippen LogP contribution in [0.2, 0.25) is 0 Å². The molecule has 1 heterocycles. The van der Waals surface area contributed by atoms with Crippen LogP contribution in [0.3, 0.4) is 0 Å².